The summed E-state index contributed by atoms with van der Waals surface area (Å²) in [5, 5.41) is 11.1. The third-order valence-electron chi connectivity index (χ3n) is 4.64. The topological polar surface area (TPSA) is 29.5 Å². The lowest BCUT2D eigenvalue weighted by molar-refractivity contribution is -0.0249. The van der Waals surface area contributed by atoms with Gasteiger partial charge < -0.3 is 9.84 Å². The van der Waals surface area contributed by atoms with Crippen LogP contribution in [0.1, 0.15) is 57.1 Å². The highest BCUT2D eigenvalue weighted by molar-refractivity contribution is 6.30. The molecule has 1 N–H and O–H groups in total. The zero-order valence-corrected chi connectivity index (χ0v) is 12.1. The molecule has 3 atom stereocenters. The van der Waals surface area contributed by atoms with Crippen molar-refractivity contribution in [3.63, 3.8) is 0 Å². The van der Waals surface area contributed by atoms with E-state index in [4.69, 9.17) is 16.3 Å². The van der Waals surface area contributed by atoms with Crippen molar-refractivity contribution in [3.05, 3.63) is 28.8 Å². The Bertz CT molecular complexity index is 474. The van der Waals surface area contributed by atoms with E-state index in [9.17, 15) is 5.11 Å². The van der Waals surface area contributed by atoms with Crippen molar-refractivity contribution in [1.29, 1.82) is 0 Å². The molecule has 2 unspecified atom stereocenters. The number of aliphatic hydroxyl groups excluding tert-OH is 1. The van der Waals surface area contributed by atoms with Gasteiger partial charge in [0, 0.05) is 17.0 Å². The van der Waals surface area contributed by atoms with Gasteiger partial charge in [0.2, 0.25) is 0 Å². The molecule has 104 valence electrons. The lowest BCUT2D eigenvalue weighted by Gasteiger charge is -2.40. The van der Waals surface area contributed by atoms with E-state index in [1.807, 2.05) is 18.2 Å². The van der Waals surface area contributed by atoms with Crippen LogP contribution in [0.4, 0.5) is 0 Å². The van der Waals surface area contributed by atoms with E-state index in [2.05, 4.69) is 6.92 Å². The first kappa shape index (κ1) is 13.3. The molecular formula is C16H21ClO2. The van der Waals surface area contributed by atoms with Crippen LogP contribution in [-0.2, 0) is 0 Å². The van der Waals surface area contributed by atoms with Gasteiger partial charge in [-0.25, -0.2) is 0 Å². The molecule has 1 aliphatic carbocycles. The smallest absolute Gasteiger partial charge is 0.126 e. The minimum Gasteiger partial charge on any atom is -0.487 e. The minimum atomic E-state index is -0.448. The quantitative estimate of drug-likeness (QED) is 0.758. The van der Waals surface area contributed by atoms with E-state index in [1.54, 1.807) is 0 Å². The molecular weight excluding hydrogens is 260 g/mol. The molecule has 3 heteroatoms. The third-order valence-corrected chi connectivity index (χ3v) is 4.88. The monoisotopic (exact) mass is 280 g/mol. The predicted octanol–water partition coefficient (Wildman–Crippen LogP) is 4.49. The fraction of sp³-hybridized carbons (Fsp3) is 0.625. The van der Waals surface area contributed by atoms with Gasteiger partial charge in [-0.3, -0.25) is 0 Å². The van der Waals surface area contributed by atoms with E-state index >= 15 is 0 Å². The molecule has 1 aliphatic heterocycles. The number of hydrogen-bond acceptors (Lipinski definition) is 2. The van der Waals surface area contributed by atoms with E-state index in [0.717, 1.165) is 30.1 Å². The molecule has 1 aromatic rings. The lowest BCUT2D eigenvalue weighted by Crippen LogP contribution is -2.40. The first-order chi connectivity index (χ1) is 9.08. The van der Waals surface area contributed by atoms with Gasteiger partial charge in [0.25, 0.3) is 0 Å². The minimum absolute atomic E-state index is 0.162. The summed E-state index contributed by atoms with van der Waals surface area (Å²) < 4.78 is 6.30. The Balaban J connectivity index is 1.89. The van der Waals surface area contributed by atoms with Crippen LogP contribution in [0.2, 0.25) is 5.02 Å². The number of ether oxygens (including phenoxy) is 1. The summed E-state index contributed by atoms with van der Waals surface area (Å²) in [6.07, 6.45) is 6.01. The molecule has 0 radical (unpaired) electrons. The van der Waals surface area contributed by atoms with Crippen molar-refractivity contribution in [2.45, 2.75) is 57.2 Å². The van der Waals surface area contributed by atoms with Gasteiger partial charge in [0.15, 0.2) is 0 Å². The second-order valence-electron chi connectivity index (χ2n) is 6.22. The Morgan fingerprint density at radius 1 is 1.32 bits per heavy atom. The lowest BCUT2D eigenvalue weighted by atomic mass is 9.83. The molecule has 0 saturated heterocycles. The van der Waals surface area contributed by atoms with Crippen LogP contribution in [0.3, 0.4) is 0 Å². The van der Waals surface area contributed by atoms with E-state index in [0.29, 0.717) is 11.4 Å². The van der Waals surface area contributed by atoms with Gasteiger partial charge >= 0.3 is 0 Å². The van der Waals surface area contributed by atoms with Crippen molar-refractivity contribution >= 4 is 11.6 Å². The molecule has 2 aliphatic rings. The summed E-state index contributed by atoms with van der Waals surface area (Å²) >= 11 is 6.00. The largest absolute Gasteiger partial charge is 0.487 e. The summed E-state index contributed by atoms with van der Waals surface area (Å²) in [4.78, 5) is 0. The summed E-state index contributed by atoms with van der Waals surface area (Å²) in [6, 6.07) is 5.56. The second kappa shape index (κ2) is 4.99. The fourth-order valence-electron chi connectivity index (χ4n) is 3.47. The maximum atomic E-state index is 10.4. The molecule has 1 saturated carbocycles. The first-order valence-corrected chi connectivity index (χ1v) is 7.62. The molecule has 0 aromatic heterocycles. The highest BCUT2D eigenvalue weighted by Gasteiger charge is 2.41. The van der Waals surface area contributed by atoms with Crippen molar-refractivity contribution in [2.75, 3.05) is 0 Å². The number of halogens is 1. The molecule has 0 amide bonds. The molecule has 1 spiro atoms. The Labute approximate surface area is 119 Å². The van der Waals surface area contributed by atoms with Gasteiger partial charge in [-0.15, -0.1) is 0 Å². The number of benzene rings is 1. The number of fused-ring (bicyclic) bond motifs is 1. The molecule has 1 fully saturated rings. The van der Waals surface area contributed by atoms with Crippen LogP contribution >= 0.6 is 11.6 Å². The Morgan fingerprint density at radius 2 is 2.16 bits per heavy atom. The van der Waals surface area contributed by atoms with Crippen LogP contribution in [-0.4, -0.2) is 10.7 Å². The highest BCUT2D eigenvalue weighted by atomic mass is 35.5. The zero-order chi connectivity index (χ0) is 13.5. The number of rotatable bonds is 0. The van der Waals surface area contributed by atoms with Crippen LogP contribution < -0.4 is 4.74 Å². The van der Waals surface area contributed by atoms with Crippen molar-refractivity contribution in [3.8, 4) is 5.75 Å². The Morgan fingerprint density at radius 3 is 3.00 bits per heavy atom. The summed E-state index contributed by atoms with van der Waals surface area (Å²) in [5.41, 5.74) is 0.681. The molecule has 3 rings (SSSR count). The normalized spacial score (nSPS) is 34.5. The van der Waals surface area contributed by atoms with E-state index in [1.165, 1.54) is 19.3 Å². The van der Waals surface area contributed by atoms with Crippen LogP contribution in [0, 0.1) is 5.92 Å². The number of aliphatic hydroxyl groups is 1. The molecule has 1 aromatic carbocycles. The zero-order valence-electron chi connectivity index (χ0n) is 11.4. The Hall–Kier alpha value is -0.730. The maximum Gasteiger partial charge on any atom is 0.126 e. The first-order valence-electron chi connectivity index (χ1n) is 7.24. The SMILES string of the molecule is CC1CCCC2(CC1)C[C@H](O)c1cc(Cl)ccc1O2. The van der Waals surface area contributed by atoms with Crippen molar-refractivity contribution < 1.29 is 9.84 Å². The third kappa shape index (κ3) is 2.61. The molecule has 19 heavy (non-hydrogen) atoms. The number of hydrogen-bond donors (Lipinski definition) is 1. The van der Waals surface area contributed by atoms with Crippen LogP contribution in [0.25, 0.3) is 0 Å². The molecule has 2 nitrogen and oxygen atoms in total. The fourth-order valence-corrected chi connectivity index (χ4v) is 3.65. The highest BCUT2D eigenvalue weighted by Crippen LogP contribution is 2.46. The van der Waals surface area contributed by atoms with Gasteiger partial charge in [-0.1, -0.05) is 24.9 Å². The van der Waals surface area contributed by atoms with E-state index in [-0.39, 0.29) is 5.60 Å². The van der Waals surface area contributed by atoms with Gasteiger partial charge in [0.05, 0.1) is 6.10 Å². The van der Waals surface area contributed by atoms with Gasteiger partial charge in [-0.2, -0.15) is 0 Å². The average Bonchev–Trinajstić information content (AvgIpc) is 2.54. The average molecular weight is 281 g/mol. The van der Waals surface area contributed by atoms with Gasteiger partial charge in [0.1, 0.15) is 11.4 Å². The molecule has 1 heterocycles. The molecule has 0 bridgehead atoms. The van der Waals surface area contributed by atoms with E-state index < -0.39 is 6.10 Å². The summed E-state index contributed by atoms with van der Waals surface area (Å²) in [7, 11) is 0. The van der Waals surface area contributed by atoms with Crippen molar-refractivity contribution in [2.24, 2.45) is 5.92 Å². The van der Waals surface area contributed by atoms with Gasteiger partial charge in [-0.05, 0) is 49.8 Å². The summed E-state index contributed by atoms with van der Waals surface area (Å²) in [5.74, 6) is 1.59. The standard InChI is InChI=1S/C16H21ClO2/c1-11-3-2-7-16(8-6-11)10-14(18)13-9-12(17)4-5-15(13)19-16/h4-5,9,11,14,18H,2-3,6-8,10H2,1H3/t11?,14-,16?/m0/s1. The predicted molar refractivity (Wildman–Crippen MR) is 76.6 cm³/mol. The second-order valence-corrected chi connectivity index (χ2v) is 6.66. The van der Waals surface area contributed by atoms with Crippen LogP contribution in [0.5, 0.6) is 5.75 Å². The van der Waals surface area contributed by atoms with Crippen molar-refractivity contribution in [1.82, 2.24) is 0 Å². The summed E-state index contributed by atoms with van der Waals surface area (Å²) in [6.45, 7) is 2.31. The Kier molecular flexibility index (Phi) is 3.48. The maximum absolute atomic E-state index is 10.4. The van der Waals surface area contributed by atoms with Crippen LogP contribution in [0.15, 0.2) is 18.2 Å².